The van der Waals surface area contributed by atoms with E-state index in [2.05, 4.69) is 20.9 Å². The third kappa shape index (κ3) is 5.04. The Kier molecular flexibility index (Phi) is 7.42. The molecule has 2 unspecified atom stereocenters. The van der Waals surface area contributed by atoms with E-state index in [0.717, 1.165) is 27.2 Å². The molecule has 2 heterocycles. The summed E-state index contributed by atoms with van der Waals surface area (Å²) in [5.41, 5.74) is 1.88. The number of alkyl halides is 3. The predicted molar refractivity (Wildman–Crippen MR) is 155 cm³/mol. The number of fused-ring (bicyclic) bond motifs is 3. The zero-order chi connectivity index (χ0) is 30.4. The van der Waals surface area contributed by atoms with Gasteiger partial charge in [-0.1, -0.05) is 42.8 Å². The second-order valence-corrected chi connectivity index (χ2v) is 11.9. The van der Waals surface area contributed by atoms with Crippen LogP contribution in [0.15, 0.2) is 60.8 Å². The summed E-state index contributed by atoms with van der Waals surface area (Å²) in [7, 11) is 1.76. The Balaban J connectivity index is 1.22. The van der Waals surface area contributed by atoms with Gasteiger partial charge < -0.3 is 26.0 Å². The molecule has 0 radical (unpaired) electrons. The summed E-state index contributed by atoms with van der Waals surface area (Å²) >= 11 is 0. The highest BCUT2D eigenvalue weighted by Crippen LogP contribution is 2.54. The molecule has 43 heavy (non-hydrogen) atoms. The lowest BCUT2D eigenvalue weighted by atomic mass is 9.67. The Bertz CT molecular complexity index is 1560. The molecule has 2 aromatic carbocycles. The van der Waals surface area contributed by atoms with Crippen LogP contribution < -0.4 is 16.0 Å². The highest BCUT2D eigenvalue weighted by molar-refractivity contribution is 5.96. The summed E-state index contributed by atoms with van der Waals surface area (Å²) < 4.78 is 42.5. The molecule has 2 aliphatic carbocycles. The molecule has 8 nitrogen and oxygen atoms in total. The highest BCUT2D eigenvalue weighted by atomic mass is 19.4. The van der Waals surface area contributed by atoms with Crippen LogP contribution in [0.25, 0.3) is 0 Å². The molecule has 1 aromatic heterocycles. The molecule has 1 saturated carbocycles. The number of rotatable bonds is 8. The number of hydrogen-bond acceptors (Lipinski definition) is 6. The fraction of sp³-hybridized carbons (Fsp3) is 0.406. The number of aliphatic hydroxyl groups excluding tert-OH is 1. The van der Waals surface area contributed by atoms with Crippen LogP contribution in [0.3, 0.4) is 0 Å². The minimum Gasteiger partial charge on any atom is -0.373 e. The Morgan fingerprint density at radius 2 is 1.81 bits per heavy atom. The van der Waals surface area contributed by atoms with Crippen molar-refractivity contribution in [3.8, 4) is 0 Å². The largest absolute Gasteiger partial charge is 0.403 e. The number of pyridine rings is 1. The number of nitrogens with one attached hydrogen (secondary N) is 3. The van der Waals surface area contributed by atoms with Crippen molar-refractivity contribution in [2.75, 3.05) is 24.2 Å². The number of hydrogen-bond donors (Lipinski definition) is 4. The molecule has 6 rings (SSSR count). The van der Waals surface area contributed by atoms with Crippen LogP contribution in [0.1, 0.15) is 47.1 Å². The van der Waals surface area contributed by atoms with Crippen molar-refractivity contribution in [3.63, 3.8) is 0 Å². The van der Waals surface area contributed by atoms with Crippen molar-refractivity contribution in [2.24, 2.45) is 5.41 Å². The molecule has 0 bridgehead atoms. The SMILES string of the molecule is CNCc1ccccc1CN(CC(=O)Nc1ccc2c(c1)CC1(C2)c2cccnc2NC1O)C(=O)C1(C(F)(F)F)CCC1. The Morgan fingerprint density at radius 3 is 2.51 bits per heavy atom. The van der Waals surface area contributed by atoms with Gasteiger partial charge in [0.15, 0.2) is 0 Å². The first-order valence-electron chi connectivity index (χ1n) is 14.5. The first kappa shape index (κ1) is 29.1. The molecule has 3 aliphatic rings. The van der Waals surface area contributed by atoms with Gasteiger partial charge >= 0.3 is 6.18 Å². The molecule has 1 spiro atoms. The third-order valence-electron chi connectivity index (χ3n) is 9.27. The maximum absolute atomic E-state index is 14.2. The van der Waals surface area contributed by atoms with Gasteiger partial charge in [0.2, 0.25) is 11.8 Å². The second-order valence-electron chi connectivity index (χ2n) is 11.9. The normalized spacial score (nSPS) is 21.5. The lowest BCUT2D eigenvalue weighted by molar-refractivity contribution is -0.248. The molecule has 2 atom stereocenters. The molecule has 0 saturated heterocycles. The van der Waals surface area contributed by atoms with E-state index < -0.39 is 41.6 Å². The second kappa shape index (κ2) is 10.9. The number of carbonyl (C=O) groups is 2. The maximum Gasteiger partial charge on any atom is 0.403 e. The van der Waals surface area contributed by atoms with Crippen LogP contribution in [0.2, 0.25) is 0 Å². The number of benzene rings is 2. The summed E-state index contributed by atoms with van der Waals surface area (Å²) in [4.78, 5) is 32.3. The minimum absolute atomic E-state index is 0.118. The van der Waals surface area contributed by atoms with E-state index in [0.29, 0.717) is 42.9 Å². The molecule has 11 heteroatoms. The summed E-state index contributed by atoms with van der Waals surface area (Å²) in [5, 5.41) is 19.8. The number of aliphatic hydroxyl groups is 1. The van der Waals surface area contributed by atoms with Gasteiger partial charge in [-0.15, -0.1) is 0 Å². The van der Waals surface area contributed by atoms with Crippen LogP contribution in [-0.2, 0) is 40.9 Å². The van der Waals surface area contributed by atoms with E-state index >= 15 is 0 Å². The van der Waals surface area contributed by atoms with Crippen LogP contribution in [-0.4, -0.2) is 52.8 Å². The standard InChI is InChI=1S/C32H34F3N5O3/c1-36-17-21-6-2-3-7-22(21)18-40(29(43)31(11-5-12-31)32(33,34)35)19-26(41)38-24-10-9-20-15-30(16-23(20)14-24)25-8-4-13-37-27(25)39-28(30)42/h2-4,6-10,13-14,28,36,42H,5,11-12,15-19H2,1H3,(H,37,39)(H,38,41). The van der Waals surface area contributed by atoms with E-state index in [1.54, 1.807) is 31.4 Å². The Labute approximate surface area is 247 Å². The molecule has 3 aromatic rings. The van der Waals surface area contributed by atoms with Crippen molar-refractivity contribution in [2.45, 2.75) is 63.0 Å². The summed E-state index contributed by atoms with van der Waals surface area (Å²) in [5.74, 6) is -0.993. The predicted octanol–water partition coefficient (Wildman–Crippen LogP) is 4.28. The van der Waals surface area contributed by atoms with Crippen LogP contribution in [0, 0.1) is 5.41 Å². The van der Waals surface area contributed by atoms with Crippen LogP contribution >= 0.6 is 0 Å². The van der Waals surface area contributed by atoms with Gasteiger partial charge in [-0.05, 0) is 73.2 Å². The van der Waals surface area contributed by atoms with Crippen molar-refractivity contribution in [3.05, 3.63) is 88.6 Å². The van der Waals surface area contributed by atoms with Gasteiger partial charge in [0.25, 0.3) is 0 Å². The molecule has 226 valence electrons. The zero-order valence-corrected chi connectivity index (χ0v) is 23.8. The minimum atomic E-state index is -4.70. The number of carbonyl (C=O) groups excluding carboxylic acids is 2. The molecular formula is C32H34F3N5O3. The zero-order valence-electron chi connectivity index (χ0n) is 23.8. The van der Waals surface area contributed by atoms with E-state index in [1.165, 1.54) is 0 Å². The topological polar surface area (TPSA) is 107 Å². The van der Waals surface area contributed by atoms with E-state index in [4.69, 9.17) is 0 Å². The fourth-order valence-electron chi connectivity index (χ4n) is 6.81. The van der Waals surface area contributed by atoms with Gasteiger partial charge in [-0.3, -0.25) is 9.59 Å². The number of aromatic nitrogens is 1. The highest BCUT2D eigenvalue weighted by Gasteiger charge is 2.64. The van der Waals surface area contributed by atoms with E-state index in [9.17, 15) is 27.9 Å². The van der Waals surface area contributed by atoms with Crippen molar-refractivity contribution in [1.29, 1.82) is 0 Å². The Hall–Kier alpha value is -3.96. The van der Waals surface area contributed by atoms with Gasteiger partial charge in [-0.2, -0.15) is 13.2 Å². The quantitative estimate of drug-likeness (QED) is 0.311. The molecule has 2 amide bonds. The number of amides is 2. The van der Waals surface area contributed by atoms with Gasteiger partial charge in [0.1, 0.15) is 24.0 Å². The first-order chi connectivity index (χ1) is 20.6. The maximum atomic E-state index is 14.2. The molecular weight excluding hydrogens is 559 g/mol. The molecule has 1 fully saturated rings. The van der Waals surface area contributed by atoms with Crippen molar-refractivity contribution >= 4 is 23.3 Å². The van der Waals surface area contributed by atoms with Crippen LogP contribution in [0.4, 0.5) is 24.7 Å². The van der Waals surface area contributed by atoms with Crippen molar-refractivity contribution < 1.29 is 27.9 Å². The number of nitrogens with zero attached hydrogens (tertiary/aromatic N) is 2. The lowest BCUT2D eigenvalue weighted by Gasteiger charge is -2.44. The van der Waals surface area contributed by atoms with Gasteiger partial charge in [-0.25, -0.2) is 4.98 Å². The van der Waals surface area contributed by atoms with Gasteiger partial charge in [0, 0.05) is 30.5 Å². The summed E-state index contributed by atoms with van der Waals surface area (Å²) in [6, 6.07) is 16.5. The average Bonchev–Trinajstić information content (AvgIpc) is 3.44. The van der Waals surface area contributed by atoms with E-state index in [1.807, 2.05) is 36.4 Å². The summed E-state index contributed by atoms with van der Waals surface area (Å²) in [6.07, 6.45) is -2.98. The number of halogens is 3. The van der Waals surface area contributed by atoms with Crippen molar-refractivity contribution in [1.82, 2.24) is 15.2 Å². The monoisotopic (exact) mass is 593 g/mol. The third-order valence-corrected chi connectivity index (χ3v) is 9.27. The summed E-state index contributed by atoms with van der Waals surface area (Å²) in [6.45, 7) is -0.170. The average molecular weight is 594 g/mol. The lowest BCUT2D eigenvalue weighted by Crippen LogP contribution is -2.57. The van der Waals surface area contributed by atoms with Gasteiger partial charge in [0.05, 0.1) is 5.41 Å². The number of anilines is 2. The fourth-order valence-corrected chi connectivity index (χ4v) is 6.81. The first-order valence-corrected chi connectivity index (χ1v) is 14.5. The van der Waals surface area contributed by atoms with E-state index in [-0.39, 0.29) is 19.4 Å². The molecule has 1 aliphatic heterocycles. The molecule has 4 N–H and O–H groups in total. The van der Waals surface area contributed by atoms with Crippen LogP contribution in [0.5, 0.6) is 0 Å². The Morgan fingerprint density at radius 1 is 1.07 bits per heavy atom. The smallest absolute Gasteiger partial charge is 0.373 e.